The highest BCUT2D eigenvalue weighted by Gasteiger charge is 2.19. The van der Waals surface area contributed by atoms with E-state index in [1.807, 2.05) is 12.1 Å². The molecule has 0 unspecified atom stereocenters. The Hall–Kier alpha value is -4.63. The molecule has 35 heavy (non-hydrogen) atoms. The number of benzene rings is 3. The van der Waals surface area contributed by atoms with Crippen LogP contribution in [-0.4, -0.2) is 34.2 Å². The average molecular weight is 490 g/mol. The summed E-state index contributed by atoms with van der Waals surface area (Å²) in [6.07, 6.45) is 2.66. The van der Waals surface area contributed by atoms with Gasteiger partial charge in [-0.2, -0.15) is 5.10 Å². The fourth-order valence-electron chi connectivity index (χ4n) is 3.40. The summed E-state index contributed by atoms with van der Waals surface area (Å²) in [6, 6.07) is 19.0. The van der Waals surface area contributed by atoms with Crippen LogP contribution in [0.4, 0.5) is 5.69 Å². The van der Waals surface area contributed by atoms with Crippen molar-refractivity contribution in [1.82, 2.24) is 20.9 Å². The van der Waals surface area contributed by atoms with Crippen LogP contribution in [0, 0.1) is 0 Å². The van der Waals surface area contributed by atoms with Gasteiger partial charge >= 0.3 is 0 Å². The van der Waals surface area contributed by atoms with Gasteiger partial charge in [0.25, 0.3) is 17.4 Å². The highest BCUT2D eigenvalue weighted by atomic mass is 35.5. The number of hydrazine groups is 1. The van der Waals surface area contributed by atoms with Gasteiger partial charge in [-0.1, -0.05) is 60.1 Å². The zero-order valence-corrected chi connectivity index (χ0v) is 19.2. The number of phenolic OH excluding ortho intramolecular Hbond substituents is 1. The lowest BCUT2D eigenvalue weighted by Crippen LogP contribution is -2.44. The third kappa shape index (κ3) is 5.15. The highest BCUT2D eigenvalue weighted by molar-refractivity contribution is 6.33. The van der Waals surface area contributed by atoms with Gasteiger partial charge in [0.2, 0.25) is 0 Å². The molecular formula is C25H20ClN5O4. The molecule has 2 amide bonds. The molecule has 0 aliphatic rings. The lowest BCUT2D eigenvalue weighted by molar-refractivity contribution is -0.117. The van der Waals surface area contributed by atoms with Crippen molar-refractivity contribution >= 4 is 46.0 Å². The van der Waals surface area contributed by atoms with Crippen molar-refractivity contribution in [3.63, 3.8) is 0 Å². The Morgan fingerprint density at radius 1 is 1.06 bits per heavy atom. The molecule has 4 rings (SSSR count). The molecule has 0 bridgehead atoms. The van der Waals surface area contributed by atoms with Gasteiger partial charge in [0.05, 0.1) is 6.20 Å². The summed E-state index contributed by atoms with van der Waals surface area (Å²) in [5, 5.41) is 21.6. The normalized spacial score (nSPS) is 11.2. The summed E-state index contributed by atoms with van der Waals surface area (Å²) < 4.78 is 0. The maximum atomic E-state index is 13.3. The first kappa shape index (κ1) is 23.5. The smallest absolute Gasteiger partial charge is 0.286 e. The number of phenols is 1. The Balaban J connectivity index is 1.74. The van der Waals surface area contributed by atoms with Crippen LogP contribution in [0.15, 0.2) is 83.4 Å². The van der Waals surface area contributed by atoms with Crippen LogP contribution in [0.25, 0.3) is 16.8 Å². The van der Waals surface area contributed by atoms with Crippen molar-refractivity contribution in [1.29, 1.82) is 0 Å². The summed E-state index contributed by atoms with van der Waals surface area (Å²) in [4.78, 5) is 37.9. The van der Waals surface area contributed by atoms with Gasteiger partial charge < -0.3 is 10.4 Å². The molecule has 4 aromatic rings. The molecule has 0 saturated heterocycles. The van der Waals surface area contributed by atoms with Crippen molar-refractivity contribution in [2.24, 2.45) is 0 Å². The Bertz CT molecular complexity index is 1500. The number of anilines is 1. The number of nitrogens with zero attached hydrogens (tertiary/aromatic N) is 2. The maximum absolute atomic E-state index is 13.3. The van der Waals surface area contributed by atoms with E-state index in [1.165, 1.54) is 30.4 Å². The molecule has 0 aliphatic heterocycles. The standard InChI is InChI=1S/C25H20ClN5O4/c1-31(20-14-27-29-25(35)22(20)26)30-24(34)19(28-23(33)16-8-3-2-4-9-16)13-18-17-10-6-5-7-15(17)11-12-21(18)32/h2-14,32H,1H3,(H,28,33)(H,29,35)(H,30,34). The summed E-state index contributed by atoms with van der Waals surface area (Å²) in [6.45, 7) is 0. The molecule has 4 N–H and O–H groups in total. The first-order valence-corrected chi connectivity index (χ1v) is 10.8. The molecule has 9 nitrogen and oxygen atoms in total. The number of aromatic nitrogens is 2. The van der Waals surface area contributed by atoms with Gasteiger partial charge in [-0.25, -0.2) is 5.10 Å². The van der Waals surface area contributed by atoms with Crippen LogP contribution in [0.5, 0.6) is 5.75 Å². The summed E-state index contributed by atoms with van der Waals surface area (Å²) in [5.74, 6) is -1.32. The van der Waals surface area contributed by atoms with Crippen molar-refractivity contribution < 1.29 is 14.7 Å². The number of fused-ring (bicyclic) bond motifs is 1. The van der Waals surface area contributed by atoms with Gasteiger partial charge in [-0.15, -0.1) is 0 Å². The van der Waals surface area contributed by atoms with Crippen molar-refractivity contribution in [2.45, 2.75) is 0 Å². The first-order chi connectivity index (χ1) is 16.8. The van der Waals surface area contributed by atoms with E-state index < -0.39 is 17.4 Å². The number of nitrogens with one attached hydrogen (secondary N) is 3. The van der Waals surface area contributed by atoms with Crippen LogP contribution < -0.4 is 21.3 Å². The summed E-state index contributed by atoms with van der Waals surface area (Å²) >= 11 is 6.04. The molecule has 0 fully saturated rings. The Labute approximate surface area is 204 Å². The monoisotopic (exact) mass is 489 g/mol. The molecule has 0 aliphatic carbocycles. The third-order valence-electron chi connectivity index (χ3n) is 5.17. The number of aromatic amines is 1. The fraction of sp³-hybridized carbons (Fsp3) is 0.0400. The van der Waals surface area contributed by atoms with E-state index in [9.17, 15) is 19.5 Å². The van der Waals surface area contributed by atoms with Crippen LogP contribution in [0.1, 0.15) is 15.9 Å². The van der Waals surface area contributed by atoms with E-state index in [1.54, 1.807) is 48.5 Å². The van der Waals surface area contributed by atoms with Crippen LogP contribution in [-0.2, 0) is 4.79 Å². The number of hydrogen-bond donors (Lipinski definition) is 4. The topological polar surface area (TPSA) is 127 Å². The average Bonchev–Trinajstić information content (AvgIpc) is 2.87. The molecule has 0 saturated carbocycles. The Morgan fingerprint density at radius 3 is 2.54 bits per heavy atom. The number of halogens is 1. The molecule has 0 spiro atoms. The fourth-order valence-corrected chi connectivity index (χ4v) is 3.62. The predicted octanol–water partition coefficient (Wildman–Crippen LogP) is 3.22. The number of H-pyrrole nitrogens is 1. The number of rotatable bonds is 6. The van der Waals surface area contributed by atoms with E-state index in [0.717, 1.165) is 5.39 Å². The molecule has 1 heterocycles. The zero-order valence-electron chi connectivity index (χ0n) is 18.4. The first-order valence-electron chi connectivity index (χ1n) is 10.4. The van der Waals surface area contributed by atoms with E-state index >= 15 is 0 Å². The predicted molar refractivity (Wildman–Crippen MR) is 134 cm³/mol. The van der Waals surface area contributed by atoms with Gasteiger partial charge in [-0.3, -0.25) is 24.8 Å². The van der Waals surface area contributed by atoms with E-state index in [0.29, 0.717) is 16.5 Å². The van der Waals surface area contributed by atoms with Gasteiger partial charge in [0, 0.05) is 18.2 Å². The Morgan fingerprint density at radius 2 is 1.77 bits per heavy atom. The molecule has 0 radical (unpaired) electrons. The lowest BCUT2D eigenvalue weighted by atomic mass is 10.0. The number of carbonyl (C=O) groups is 2. The highest BCUT2D eigenvalue weighted by Crippen LogP contribution is 2.29. The van der Waals surface area contributed by atoms with Gasteiger partial charge in [0.15, 0.2) is 0 Å². The minimum atomic E-state index is -0.722. The molecular weight excluding hydrogens is 470 g/mol. The molecule has 1 aromatic heterocycles. The number of carbonyl (C=O) groups excluding carboxylic acids is 2. The van der Waals surface area contributed by atoms with Crippen LogP contribution in [0.3, 0.4) is 0 Å². The van der Waals surface area contributed by atoms with E-state index in [2.05, 4.69) is 20.9 Å². The van der Waals surface area contributed by atoms with Crippen molar-refractivity contribution in [3.8, 4) is 5.75 Å². The third-order valence-corrected chi connectivity index (χ3v) is 5.54. The summed E-state index contributed by atoms with van der Waals surface area (Å²) in [7, 11) is 1.46. The zero-order chi connectivity index (χ0) is 24.9. The maximum Gasteiger partial charge on any atom is 0.286 e. The molecule has 0 atom stereocenters. The quantitative estimate of drug-likeness (QED) is 0.243. The van der Waals surface area contributed by atoms with Crippen molar-refractivity contribution in [3.05, 3.63) is 105 Å². The van der Waals surface area contributed by atoms with E-state index in [-0.39, 0.29) is 22.2 Å². The Kier molecular flexibility index (Phi) is 6.79. The number of aromatic hydroxyl groups is 1. The lowest BCUT2D eigenvalue weighted by Gasteiger charge is -2.21. The van der Waals surface area contributed by atoms with E-state index in [4.69, 9.17) is 11.6 Å². The van der Waals surface area contributed by atoms with Gasteiger partial charge in [-0.05, 0) is 35.0 Å². The minimum absolute atomic E-state index is 0.0712. The second-order valence-electron chi connectivity index (χ2n) is 7.50. The number of amides is 2. The second kappa shape index (κ2) is 10.1. The minimum Gasteiger partial charge on any atom is -0.507 e. The second-order valence-corrected chi connectivity index (χ2v) is 7.87. The van der Waals surface area contributed by atoms with Crippen LogP contribution in [0.2, 0.25) is 5.02 Å². The van der Waals surface area contributed by atoms with Gasteiger partial charge in [0.1, 0.15) is 22.2 Å². The number of hydrogen-bond acceptors (Lipinski definition) is 6. The SMILES string of the molecule is CN(NC(=O)C(=Cc1c(O)ccc2ccccc12)NC(=O)c1ccccc1)c1cn[nH]c(=O)c1Cl. The molecule has 176 valence electrons. The van der Waals surface area contributed by atoms with Crippen LogP contribution >= 0.6 is 11.6 Å². The summed E-state index contributed by atoms with van der Waals surface area (Å²) in [5.41, 5.74) is 2.62. The molecule has 10 heteroatoms. The largest absolute Gasteiger partial charge is 0.507 e. The van der Waals surface area contributed by atoms with Crippen molar-refractivity contribution in [2.75, 3.05) is 12.1 Å². The molecule has 3 aromatic carbocycles.